The van der Waals surface area contributed by atoms with Gasteiger partial charge in [-0.2, -0.15) is 0 Å². The summed E-state index contributed by atoms with van der Waals surface area (Å²) >= 11 is 0. The second-order valence-electron chi connectivity index (χ2n) is 7.10. The van der Waals surface area contributed by atoms with E-state index in [1.54, 1.807) is 19.2 Å². The molecule has 2 rings (SSSR count). The monoisotopic (exact) mass is 359 g/mol. The van der Waals surface area contributed by atoms with Crippen LogP contribution in [0.25, 0.3) is 11.3 Å². The zero-order valence-electron chi connectivity index (χ0n) is 16.4. The standard InChI is InChI=1S/C21H29NO4/c1-6-22(7-2)14-21(3,4)15-25-20(23)19-12-11-18(26-19)16-9-8-10-17(13-16)24-5/h8-13H,6-7,14-15H2,1-5H3. The van der Waals surface area contributed by atoms with Crippen LogP contribution in [0.2, 0.25) is 0 Å². The van der Waals surface area contributed by atoms with E-state index in [9.17, 15) is 4.79 Å². The van der Waals surface area contributed by atoms with Crippen molar-refractivity contribution in [2.75, 3.05) is 33.4 Å². The lowest BCUT2D eigenvalue weighted by Crippen LogP contribution is -2.37. The maximum absolute atomic E-state index is 12.3. The van der Waals surface area contributed by atoms with Crippen LogP contribution in [0, 0.1) is 5.41 Å². The summed E-state index contributed by atoms with van der Waals surface area (Å²) in [5.74, 6) is 1.12. The maximum atomic E-state index is 12.3. The van der Waals surface area contributed by atoms with E-state index in [0.29, 0.717) is 12.4 Å². The molecule has 0 unspecified atom stereocenters. The molecule has 1 heterocycles. The van der Waals surface area contributed by atoms with E-state index in [4.69, 9.17) is 13.9 Å². The Morgan fingerprint density at radius 2 is 1.88 bits per heavy atom. The number of benzene rings is 1. The number of hydrogen-bond acceptors (Lipinski definition) is 5. The molecule has 1 aromatic carbocycles. The molecule has 0 saturated heterocycles. The molecule has 0 aliphatic carbocycles. The van der Waals surface area contributed by atoms with Gasteiger partial charge in [0.1, 0.15) is 11.5 Å². The van der Waals surface area contributed by atoms with Gasteiger partial charge in [0.05, 0.1) is 13.7 Å². The lowest BCUT2D eigenvalue weighted by molar-refractivity contribution is 0.0243. The molecule has 0 amide bonds. The second-order valence-corrected chi connectivity index (χ2v) is 7.10. The lowest BCUT2D eigenvalue weighted by atomic mass is 9.94. The van der Waals surface area contributed by atoms with Gasteiger partial charge < -0.3 is 18.8 Å². The van der Waals surface area contributed by atoms with E-state index < -0.39 is 5.97 Å². The van der Waals surface area contributed by atoms with Gasteiger partial charge in [0.25, 0.3) is 0 Å². The number of ether oxygens (including phenoxy) is 2. The Hall–Kier alpha value is -2.27. The van der Waals surface area contributed by atoms with Crippen LogP contribution in [0.4, 0.5) is 0 Å². The first kappa shape index (κ1) is 20.0. The summed E-state index contributed by atoms with van der Waals surface area (Å²) in [6.45, 7) is 11.7. The van der Waals surface area contributed by atoms with Gasteiger partial charge in [0.15, 0.2) is 0 Å². The Kier molecular flexibility index (Phi) is 6.86. The molecule has 26 heavy (non-hydrogen) atoms. The number of hydrogen-bond donors (Lipinski definition) is 0. The summed E-state index contributed by atoms with van der Waals surface area (Å²) in [5.41, 5.74) is 0.731. The van der Waals surface area contributed by atoms with Crippen LogP contribution in [0.1, 0.15) is 38.2 Å². The zero-order valence-corrected chi connectivity index (χ0v) is 16.4. The Labute approximate surface area is 155 Å². The van der Waals surface area contributed by atoms with Crippen molar-refractivity contribution in [3.8, 4) is 17.1 Å². The minimum Gasteiger partial charge on any atom is -0.497 e. The van der Waals surface area contributed by atoms with E-state index in [2.05, 4.69) is 32.6 Å². The van der Waals surface area contributed by atoms with Gasteiger partial charge in [-0.3, -0.25) is 0 Å². The summed E-state index contributed by atoms with van der Waals surface area (Å²) in [4.78, 5) is 14.7. The molecule has 142 valence electrons. The molecule has 0 atom stereocenters. The van der Waals surface area contributed by atoms with Crippen LogP contribution in [0.15, 0.2) is 40.8 Å². The fourth-order valence-electron chi connectivity index (χ4n) is 2.81. The molecule has 0 N–H and O–H groups in total. The maximum Gasteiger partial charge on any atom is 0.374 e. The van der Waals surface area contributed by atoms with Gasteiger partial charge in [0.2, 0.25) is 5.76 Å². The number of furan rings is 1. The number of carbonyl (C=O) groups is 1. The van der Waals surface area contributed by atoms with Gasteiger partial charge in [0, 0.05) is 17.5 Å². The third-order valence-electron chi connectivity index (χ3n) is 4.30. The van der Waals surface area contributed by atoms with Crippen LogP contribution >= 0.6 is 0 Å². The number of carbonyl (C=O) groups excluding carboxylic acids is 1. The third-order valence-corrected chi connectivity index (χ3v) is 4.30. The van der Waals surface area contributed by atoms with Gasteiger partial charge >= 0.3 is 5.97 Å². The van der Waals surface area contributed by atoms with Crippen molar-refractivity contribution in [2.24, 2.45) is 5.41 Å². The summed E-state index contributed by atoms with van der Waals surface area (Å²) in [6, 6.07) is 10.9. The van der Waals surface area contributed by atoms with Crippen molar-refractivity contribution in [1.29, 1.82) is 0 Å². The highest BCUT2D eigenvalue weighted by atomic mass is 16.5. The molecular formula is C21H29NO4. The van der Waals surface area contributed by atoms with E-state index in [-0.39, 0.29) is 11.2 Å². The van der Waals surface area contributed by atoms with Gasteiger partial charge in [-0.15, -0.1) is 0 Å². The first-order valence-electron chi connectivity index (χ1n) is 9.02. The summed E-state index contributed by atoms with van der Waals surface area (Å²) in [7, 11) is 1.62. The summed E-state index contributed by atoms with van der Waals surface area (Å²) in [6.07, 6.45) is 0. The minimum absolute atomic E-state index is 0.121. The Morgan fingerprint density at radius 1 is 1.15 bits per heavy atom. The van der Waals surface area contributed by atoms with Crippen LogP contribution in [0.3, 0.4) is 0 Å². The normalized spacial score (nSPS) is 11.6. The van der Waals surface area contributed by atoms with Gasteiger partial charge in [-0.25, -0.2) is 4.79 Å². The minimum atomic E-state index is -0.438. The van der Waals surface area contributed by atoms with Gasteiger partial charge in [-0.05, 0) is 37.4 Å². The zero-order chi connectivity index (χ0) is 19.2. The Morgan fingerprint density at radius 3 is 2.54 bits per heavy atom. The smallest absolute Gasteiger partial charge is 0.374 e. The molecule has 0 bridgehead atoms. The van der Waals surface area contributed by atoms with Crippen molar-refractivity contribution in [3.05, 3.63) is 42.2 Å². The first-order valence-corrected chi connectivity index (χ1v) is 9.02. The van der Waals surface area contributed by atoms with Crippen LogP contribution in [-0.4, -0.2) is 44.2 Å². The average Bonchev–Trinajstić information content (AvgIpc) is 3.14. The average molecular weight is 359 g/mol. The van der Waals surface area contributed by atoms with Crippen LogP contribution < -0.4 is 4.74 Å². The molecular weight excluding hydrogens is 330 g/mol. The number of nitrogens with zero attached hydrogens (tertiary/aromatic N) is 1. The molecule has 1 aromatic heterocycles. The Balaban J connectivity index is 1.99. The molecule has 0 spiro atoms. The number of methoxy groups -OCH3 is 1. The molecule has 2 aromatic rings. The van der Waals surface area contributed by atoms with Gasteiger partial charge in [-0.1, -0.05) is 39.8 Å². The summed E-state index contributed by atoms with van der Waals surface area (Å²) < 4.78 is 16.4. The molecule has 0 saturated carbocycles. The molecule has 0 aliphatic rings. The predicted molar refractivity (Wildman–Crippen MR) is 103 cm³/mol. The molecule has 0 radical (unpaired) electrons. The van der Waals surface area contributed by atoms with E-state index in [0.717, 1.165) is 30.9 Å². The highest BCUT2D eigenvalue weighted by molar-refractivity contribution is 5.87. The molecule has 5 heteroatoms. The topological polar surface area (TPSA) is 51.9 Å². The van der Waals surface area contributed by atoms with Crippen molar-refractivity contribution in [1.82, 2.24) is 4.90 Å². The predicted octanol–water partition coefficient (Wildman–Crippen LogP) is 4.48. The van der Waals surface area contributed by atoms with E-state index >= 15 is 0 Å². The van der Waals surface area contributed by atoms with Crippen molar-refractivity contribution in [3.63, 3.8) is 0 Å². The third kappa shape index (κ3) is 5.36. The quantitative estimate of drug-likeness (QED) is 0.618. The highest BCUT2D eigenvalue weighted by Gasteiger charge is 2.24. The van der Waals surface area contributed by atoms with Crippen LogP contribution in [0.5, 0.6) is 5.75 Å². The van der Waals surface area contributed by atoms with E-state index in [1.807, 2.05) is 24.3 Å². The fraction of sp³-hybridized carbons (Fsp3) is 0.476. The van der Waals surface area contributed by atoms with E-state index in [1.165, 1.54) is 0 Å². The Bertz CT molecular complexity index is 716. The molecule has 0 aliphatic heterocycles. The number of esters is 1. The lowest BCUT2D eigenvalue weighted by Gasteiger charge is -2.30. The van der Waals surface area contributed by atoms with Crippen LogP contribution in [-0.2, 0) is 4.74 Å². The number of rotatable bonds is 9. The SMILES string of the molecule is CCN(CC)CC(C)(C)COC(=O)c1ccc(-c2cccc(OC)c2)o1. The van der Waals surface area contributed by atoms with Crippen molar-refractivity contribution >= 4 is 5.97 Å². The highest BCUT2D eigenvalue weighted by Crippen LogP contribution is 2.26. The first-order chi connectivity index (χ1) is 12.4. The molecule has 5 nitrogen and oxygen atoms in total. The van der Waals surface area contributed by atoms with Crippen molar-refractivity contribution in [2.45, 2.75) is 27.7 Å². The summed E-state index contributed by atoms with van der Waals surface area (Å²) in [5, 5.41) is 0. The largest absolute Gasteiger partial charge is 0.497 e. The molecule has 0 fully saturated rings. The second kappa shape index (κ2) is 8.90. The van der Waals surface area contributed by atoms with Crippen molar-refractivity contribution < 1.29 is 18.7 Å². The fourth-order valence-corrected chi connectivity index (χ4v) is 2.81.